The van der Waals surface area contributed by atoms with Crippen LogP contribution < -0.4 is 5.32 Å². The van der Waals surface area contributed by atoms with Crippen LogP contribution in [0, 0.1) is 5.92 Å². The zero-order valence-corrected chi connectivity index (χ0v) is 14.4. The number of aliphatic hydroxyl groups is 1. The van der Waals surface area contributed by atoms with Gasteiger partial charge >= 0.3 is 0 Å². The Morgan fingerprint density at radius 3 is 2.67 bits per heavy atom. The number of likely N-dealkylation sites (tertiary alicyclic amines) is 1. The van der Waals surface area contributed by atoms with Crippen molar-refractivity contribution in [3.63, 3.8) is 0 Å². The predicted molar refractivity (Wildman–Crippen MR) is 89.5 cm³/mol. The van der Waals surface area contributed by atoms with E-state index in [0.717, 1.165) is 31.3 Å². The molecule has 0 amide bonds. The fourth-order valence-electron chi connectivity index (χ4n) is 4.60. The number of nitrogens with zero attached hydrogens (tertiary/aromatic N) is 1. The van der Waals surface area contributed by atoms with Crippen molar-refractivity contribution in [2.75, 3.05) is 19.7 Å². The Bertz CT molecular complexity index is 308. The first-order valence-corrected chi connectivity index (χ1v) is 9.21. The van der Waals surface area contributed by atoms with Gasteiger partial charge in [0.15, 0.2) is 0 Å². The largest absolute Gasteiger partial charge is 0.394 e. The van der Waals surface area contributed by atoms with E-state index in [4.69, 9.17) is 0 Å². The number of hydrogen-bond acceptors (Lipinski definition) is 3. The topological polar surface area (TPSA) is 35.5 Å². The van der Waals surface area contributed by atoms with Crippen LogP contribution in [0.2, 0.25) is 0 Å². The minimum Gasteiger partial charge on any atom is -0.394 e. The van der Waals surface area contributed by atoms with Crippen LogP contribution in [0.25, 0.3) is 0 Å². The Labute approximate surface area is 131 Å². The molecule has 2 fully saturated rings. The molecule has 1 saturated carbocycles. The van der Waals surface area contributed by atoms with Gasteiger partial charge in [-0.3, -0.25) is 4.90 Å². The highest BCUT2D eigenvalue weighted by molar-refractivity contribution is 4.93. The van der Waals surface area contributed by atoms with Crippen LogP contribution in [0.5, 0.6) is 0 Å². The molecule has 4 atom stereocenters. The summed E-state index contributed by atoms with van der Waals surface area (Å²) in [5.41, 5.74) is -0.128. The summed E-state index contributed by atoms with van der Waals surface area (Å²) >= 11 is 0. The molecule has 2 rings (SSSR count). The van der Waals surface area contributed by atoms with Gasteiger partial charge in [0.05, 0.1) is 6.61 Å². The monoisotopic (exact) mass is 296 g/mol. The van der Waals surface area contributed by atoms with Gasteiger partial charge in [0.1, 0.15) is 0 Å². The Balaban J connectivity index is 1.95. The summed E-state index contributed by atoms with van der Waals surface area (Å²) in [6.07, 6.45) is 10.7. The second-order valence-corrected chi connectivity index (χ2v) is 7.69. The maximum atomic E-state index is 9.81. The number of hydrogen-bond donors (Lipinski definition) is 2. The zero-order chi connectivity index (χ0) is 15.3. The Morgan fingerprint density at radius 1 is 1.24 bits per heavy atom. The molecule has 124 valence electrons. The lowest BCUT2D eigenvalue weighted by Gasteiger charge is -2.48. The van der Waals surface area contributed by atoms with Crippen LogP contribution in [0.4, 0.5) is 0 Å². The average molecular weight is 296 g/mol. The molecule has 1 saturated heterocycles. The third-order valence-electron chi connectivity index (χ3n) is 5.75. The van der Waals surface area contributed by atoms with Gasteiger partial charge in [-0.25, -0.2) is 0 Å². The molecular weight excluding hydrogens is 260 g/mol. The van der Waals surface area contributed by atoms with Gasteiger partial charge < -0.3 is 10.4 Å². The molecule has 3 nitrogen and oxygen atoms in total. The molecule has 0 spiro atoms. The van der Waals surface area contributed by atoms with E-state index < -0.39 is 0 Å². The molecule has 2 aliphatic rings. The standard InChI is InChI=1S/C18H36N2O/c1-4-11-19-18(3,14-21)13-15(2)20-12-7-9-16-8-5-6-10-17(16)20/h15-17,19,21H,4-14H2,1-3H3/t15?,16-,17-,18?/m1/s1. The normalized spacial score (nSPS) is 31.4. The Hall–Kier alpha value is -0.120. The number of piperidine rings is 1. The van der Waals surface area contributed by atoms with Crippen molar-refractivity contribution in [1.29, 1.82) is 0 Å². The maximum Gasteiger partial charge on any atom is 0.0611 e. The van der Waals surface area contributed by atoms with Crippen molar-refractivity contribution in [2.24, 2.45) is 5.92 Å². The number of fused-ring (bicyclic) bond motifs is 1. The van der Waals surface area contributed by atoms with E-state index in [1.165, 1.54) is 45.1 Å². The maximum absolute atomic E-state index is 9.81. The molecule has 0 aromatic carbocycles. The average Bonchev–Trinajstić information content (AvgIpc) is 2.52. The molecule has 0 aromatic rings. The summed E-state index contributed by atoms with van der Waals surface area (Å²) in [5.74, 6) is 0.943. The second-order valence-electron chi connectivity index (χ2n) is 7.69. The van der Waals surface area contributed by atoms with Crippen molar-refractivity contribution in [3.8, 4) is 0 Å². The van der Waals surface area contributed by atoms with Crippen molar-refractivity contribution >= 4 is 0 Å². The molecule has 1 heterocycles. The van der Waals surface area contributed by atoms with Gasteiger partial charge in [-0.15, -0.1) is 0 Å². The highest BCUT2D eigenvalue weighted by atomic mass is 16.3. The molecule has 0 radical (unpaired) electrons. The summed E-state index contributed by atoms with van der Waals surface area (Å²) < 4.78 is 0. The SMILES string of the molecule is CCCNC(C)(CO)CC(C)N1CCC[C@H]2CCCC[C@H]21. The van der Waals surface area contributed by atoms with Gasteiger partial charge in [-0.1, -0.05) is 19.8 Å². The summed E-state index contributed by atoms with van der Waals surface area (Å²) in [7, 11) is 0. The van der Waals surface area contributed by atoms with Crippen LogP contribution in [0.1, 0.15) is 72.1 Å². The van der Waals surface area contributed by atoms with E-state index in [2.05, 4.69) is 31.0 Å². The Morgan fingerprint density at radius 2 is 1.95 bits per heavy atom. The summed E-state index contributed by atoms with van der Waals surface area (Å²) in [6, 6.07) is 1.38. The molecule has 1 aliphatic heterocycles. The van der Waals surface area contributed by atoms with Crippen molar-refractivity contribution in [3.05, 3.63) is 0 Å². The van der Waals surface area contributed by atoms with Crippen LogP contribution in [-0.2, 0) is 0 Å². The summed E-state index contributed by atoms with van der Waals surface area (Å²) in [5, 5.41) is 13.4. The van der Waals surface area contributed by atoms with Gasteiger partial charge in [0.2, 0.25) is 0 Å². The first kappa shape index (κ1) is 17.2. The highest BCUT2D eigenvalue weighted by Crippen LogP contribution is 2.37. The summed E-state index contributed by atoms with van der Waals surface area (Å²) in [4.78, 5) is 2.77. The first-order chi connectivity index (χ1) is 10.1. The van der Waals surface area contributed by atoms with Gasteiger partial charge in [-0.05, 0) is 71.4 Å². The van der Waals surface area contributed by atoms with Crippen LogP contribution in [0.3, 0.4) is 0 Å². The third-order valence-corrected chi connectivity index (χ3v) is 5.75. The lowest BCUT2D eigenvalue weighted by atomic mass is 9.77. The quantitative estimate of drug-likeness (QED) is 0.757. The van der Waals surface area contributed by atoms with Crippen LogP contribution in [0.15, 0.2) is 0 Å². The smallest absolute Gasteiger partial charge is 0.0611 e. The number of nitrogens with one attached hydrogen (secondary N) is 1. The van der Waals surface area contributed by atoms with Gasteiger partial charge in [-0.2, -0.15) is 0 Å². The number of rotatable bonds is 7. The predicted octanol–water partition coefficient (Wildman–Crippen LogP) is 3.17. The van der Waals surface area contributed by atoms with Crippen molar-refractivity contribution < 1.29 is 5.11 Å². The highest BCUT2D eigenvalue weighted by Gasteiger charge is 2.37. The van der Waals surface area contributed by atoms with E-state index >= 15 is 0 Å². The zero-order valence-electron chi connectivity index (χ0n) is 14.4. The molecule has 2 unspecified atom stereocenters. The minimum atomic E-state index is -0.128. The Kier molecular flexibility index (Phi) is 6.51. The molecule has 21 heavy (non-hydrogen) atoms. The van der Waals surface area contributed by atoms with Crippen LogP contribution in [-0.4, -0.2) is 47.3 Å². The van der Waals surface area contributed by atoms with Crippen LogP contribution >= 0.6 is 0 Å². The van der Waals surface area contributed by atoms with E-state index in [9.17, 15) is 5.11 Å². The first-order valence-electron chi connectivity index (χ1n) is 9.21. The minimum absolute atomic E-state index is 0.128. The van der Waals surface area contributed by atoms with Gasteiger partial charge in [0, 0.05) is 17.6 Å². The van der Waals surface area contributed by atoms with Crippen molar-refractivity contribution in [1.82, 2.24) is 10.2 Å². The number of aliphatic hydroxyl groups excluding tert-OH is 1. The van der Waals surface area contributed by atoms with E-state index in [1.807, 2.05) is 0 Å². The van der Waals surface area contributed by atoms with Crippen molar-refractivity contribution in [2.45, 2.75) is 89.8 Å². The molecule has 0 bridgehead atoms. The third kappa shape index (κ3) is 4.43. The molecule has 1 aliphatic carbocycles. The van der Waals surface area contributed by atoms with E-state index in [1.54, 1.807) is 0 Å². The fraction of sp³-hybridized carbons (Fsp3) is 1.00. The lowest BCUT2D eigenvalue weighted by molar-refractivity contribution is 0.0142. The fourth-order valence-corrected chi connectivity index (χ4v) is 4.60. The van der Waals surface area contributed by atoms with E-state index in [0.29, 0.717) is 6.04 Å². The lowest BCUT2D eigenvalue weighted by Crippen LogP contribution is -2.55. The van der Waals surface area contributed by atoms with E-state index in [-0.39, 0.29) is 12.1 Å². The molecule has 3 heteroatoms. The molecular formula is C18H36N2O. The van der Waals surface area contributed by atoms with Gasteiger partial charge in [0.25, 0.3) is 0 Å². The molecule has 2 N–H and O–H groups in total. The summed E-state index contributed by atoms with van der Waals surface area (Å²) in [6.45, 7) is 9.23. The molecule has 0 aromatic heterocycles. The second kappa shape index (κ2) is 7.94.